The van der Waals surface area contributed by atoms with Gasteiger partial charge in [0, 0.05) is 10.0 Å². The van der Waals surface area contributed by atoms with E-state index in [1.807, 2.05) is 24.3 Å². The minimum atomic E-state index is 0.733. The summed E-state index contributed by atoms with van der Waals surface area (Å²) in [5, 5.41) is 13.6. The summed E-state index contributed by atoms with van der Waals surface area (Å²) in [6.07, 6.45) is 0. The Balaban J connectivity index is 1.27. The summed E-state index contributed by atoms with van der Waals surface area (Å²) in [5.41, 5.74) is 9.52. The molecule has 0 aliphatic heterocycles. The Morgan fingerprint density at radius 3 is 1.21 bits per heavy atom. The fraction of sp³-hybridized carbons (Fsp3) is 0. The molecule has 244 valence electrons. The van der Waals surface area contributed by atoms with Gasteiger partial charge in [-0.05, 0) is 129 Å². The SMILES string of the molecule is Clc1cccc(-c2c3ccccc3cc3c(-c4cccc5c(-c6c7ccccc7c(-c7cccc(Cl)c7)c7ccccc67)cccc45)cccc23)c1. The van der Waals surface area contributed by atoms with Crippen LogP contribution in [0.3, 0.4) is 0 Å². The van der Waals surface area contributed by atoms with Crippen molar-refractivity contribution in [2.24, 2.45) is 0 Å². The lowest BCUT2D eigenvalue weighted by Gasteiger charge is -2.20. The molecule has 10 aromatic carbocycles. The maximum atomic E-state index is 6.57. The topological polar surface area (TPSA) is 0 Å². The van der Waals surface area contributed by atoms with Crippen LogP contribution in [0.2, 0.25) is 10.0 Å². The summed E-state index contributed by atoms with van der Waals surface area (Å²) >= 11 is 13.1. The molecular formula is C50H30Cl2. The van der Waals surface area contributed by atoms with Gasteiger partial charge in [-0.15, -0.1) is 0 Å². The highest BCUT2D eigenvalue weighted by molar-refractivity contribution is 6.32. The van der Waals surface area contributed by atoms with Crippen molar-refractivity contribution in [3.63, 3.8) is 0 Å². The van der Waals surface area contributed by atoms with Gasteiger partial charge in [0.1, 0.15) is 0 Å². The second kappa shape index (κ2) is 12.4. The molecular weight excluding hydrogens is 671 g/mol. The van der Waals surface area contributed by atoms with Crippen LogP contribution in [0.15, 0.2) is 182 Å². The molecule has 10 aromatic rings. The van der Waals surface area contributed by atoms with E-state index >= 15 is 0 Å². The molecule has 0 saturated heterocycles. The predicted molar refractivity (Wildman–Crippen MR) is 226 cm³/mol. The van der Waals surface area contributed by atoms with Crippen molar-refractivity contribution in [2.75, 3.05) is 0 Å². The summed E-state index contributed by atoms with van der Waals surface area (Å²) in [7, 11) is 0. The van der Waals surface area contributed by atoms with Crippen molar-refractivity contribution in [3.8, 4) is 44.5 Å². The monoisotopic (exact) mass is 700 g/mol. The van der Waals surface area contributed by atoms with E-state index in [-0.39, 0.29) is 0 Å². The van der Waals surface area contributed by atoms with Crippen LogP contribution in [0.4, 0.5) is 0 Å². The molecule has 52 heavy (non-hydrogen) atoms. The lowest BCUT2D eigenvalue weighted by Crippen LogP contribution is -1.92. The zero-order valence-corrected chi connectivity index (χ0v) is 29.6. The van der Waals surface area contributed by atoms with Crippen LogP contribution in [0.25, 0.3) is 98.4 Å². The average Bonchev–Trinajstić information content (AvgIpc) is 3.18. The molecule has 0 fully saturated rings. The highest BCUT2D eigenvalue weighted by atomic mass is 35.5. The smallest absolute Gasteiger partial charge is 0.0412 e. The van der Waals surface area contributed by atoms with Gasteiger partial charge in [-0.25, -0.2) is 0 Å². The molecule has 0 N–H and O–H groups in total. The minimum absolute atomic E-state index is 0.733. The summed E-state index contributed by atoms with van der Waals surface area (Å²) in [4.78, 5) is 0. The van der Waals surface area contributed by atoms with Crippen LogP contribution >= 0.6 is 23.2 Å². The van der Waals surface area contributed by atoms with Crippen molar-refractivity contribution in [1.29, 1.82) is 0 Å². The van der Waals surface area contributed by atoms with E-state index in [2.05, 4.69) is 158 Å². The van der Waals surface area contributed by atoms with Gasteiger partial charge >= 0.3 is 0 Å². The Bertz CT molecular complexity index is 2990. The third kappa shape index (κ3) is 4.91. The highest BCUT2D eigenvalue weighted by Gasteiger charge is 2.20. The van der Waals surface area contributed by atoms with E-state index in [1.165, 1.54) is 87.2 Å². The maximum absolute atomic E-state index is 6.57. The summed E-state index contributed by atoms with van der Waals surface area (Å²) < 4.78 is 0. The molecule has 0 radical (unpaired) electrons. The number of hydrogen-bond donors (Lipinski definition) is 0. The molecule has 0 aromatic heterocycles. The van der Waals surface area contributed by atoms with Crippen molar-refractivity contribution in [2.45, 2.75) is 0 Å². The third-order valence-corrected chi connectivity index (χ3v) is 11.0. The molecule has 0 aliphatic carbocycles. The first kappa shape index (κ1) is 30.9. The Hall–Kier alpha value is -5.92. The fourth-order valence-electron chi connectivity index (χ4n) is 8.42. The number of halogens is 2. The van der Waals surface area contributed by atoms with Crippen molar-refractivity contribution < 1.29 is 0 Å². The molecule has 0 spiro atoms. The van der Waals surface area contributed by atoms with Gasteiger partial charge in [-0.3, -0.25) is 0 Å². The van der Waals surface area contributed by atoms with Gasteiger partial charge < -0.3 is 0 Å². The van der Waals surface area contributed by atoms with Crippen molar-refractivity contribution in [3.05, 3.63) is 192 Å². The van der Waals surface area contributed by atoms with Crippen molar-refractivity contribution in [1.82, 2.24) is 0 Å². The first-order valence-electron chi connectivity index (χ1n) is 17.6. The minimum Gasteiger partial charge on any atom is -0.0843 e. The summed E-state index contributed by atoms with van der Waals surface area (Å²) in [6, 6.07) is 65.3. The van der Waals surface area contributed by atoms with E-state index in [4.69, 9.17) is 23.2 Å². The van der Waals surface area contributed by atoms with E-state index in [1.54, 1.807) is 0 Å². The van der Waals surface area contributed by atoms with Gasteiger partial charge in [0.2, 0.25) is 0 Å². The second-order valence-electron chi connectivity index (χ2n) is 13.4. The van der Waals surface area contributed by atoms with Crippen LogP contribution < -0.4 is 0 Å². The van der Waals surface area contributed by atoms with E-state index in [0.29, 0.717) is 0 Å². The van der Waals surface area contributed by atoms with Crippen LogP contribution in [-0.2, 0) is 0 Å². The summed E-state index contributed by atoms with van der Waals surface area (Å²) in [6.45, 7) is 0. The standard InChI is InChI=1S/C50H30Cl2/c51-34-15-7-13-32(28-34)48-36-17-2-1-12-31(36)30-47-40(25-11-27-46(47)48)38-22-9-24-39-37(38)23-10-26-41(39)50-44-20-5-3-18-42(44)49(33-14-8-16-35(52)29-33)43-19-4-6-21-45(43)50/h1-30H. The number of hydrogen-bond acceptors (Lipinski definition) is 0. The number of benzene rings is 10. The van der Waals surface area contributed by atoms with E-state index in [0.717, 1.165) is 21.2 Å². The quantitative estimate of drug-likeness (QED) is 0.160. The van der Waals surface area contributed by atoms with Crippen LogP contribution in [0, 0.1) is 0 Å². The molecule has 0 aliphatic rings. The average molecular weight is 702 g/mol. The van der Waals surface area contributed by atoms with Gasteiger partial charge in [-0.2, -0.15) is 0 Å². The second-order valence-corrected chi connectivity index (χ2v) is 14.3. The lowest BCUT2D eigenvalue weighted by molar-refractivity contribution is 1.65. The number of fused-ring (bicyclic) bond motifs is 5. The van der Waals surface area contributed by atoms with Gasteiger partial charge in [0.25, 0.3) is 0 Å². The third-order valence-electron chi connectivity index (χ3n) is 10.5. The molecule has 0 atom stereocenters. The maximum Gasteiger partial charge on any atom is 0.0412 e. The van der Waals surface area contributed by atoms with Crippen LogP contribution in [0.5, 0.6) is 0 Å². The lowest BCUT2D eigenvalue weighted by atomic mass is 9.83. The highest BCUT2D eigenvalue weighted by Crippen LogP contribution is 2.47. The molecule has 0 nitrogen and oxygen atoms in total. The zero-order chi connectivity index (χ0) is 34.8. The van der Waals surface area contributed by atoms with Gasteiger partial charge in [-0.1, -0.05) is 175 Å². The Morgan fingerprint density at radius 2 is 0.635 bits per heavy atom. The van der Waals surface area contributed by atoms with Crippen LogP contribution in [0.1, 0.15) is 0 Å². The van der Waals surface area contributed by atoms with Crippen LogP contribution in [-0.4, -0.2) is 0 Å². The zero-order valence-electron chi connectivity index (χ0n) is 28.1. The van der Waals surface area contributed by atoms with Gasteiger partial charge in [0.15, 0.2) is 0 Å². The molecule has 0 saturated carbocycles. The largest absolute Gasteiger partial charge is 0.0843 e. The molecule has 0 bridgehead atoms. The molecule has 0 amide bonds. The van der Waals surface area contributed by atoms with E-state index < -0.39 is 0 Å². The molecule has 0 heterocycles. The Labute approximate surface area is 312 Å². The van der Waals surface area contributed by atoms with Crippen molar-refractivity contribution >= 4 is 77.1 Å². The summed E-state index contributed by atoms with van der Waals surface area (Å²) in [5.74, 6) is 0. The normalized spacial score (nSPS) is 11.7. The molecule has 10 rings (SSSR count). The van der Waals surface area contributed by atoms with E-state index in [9.17, 15) is 0 Å². The predicted octanol–water partition coefficient (Wildman–Crippen LogP) is 15.4. The Kier molecular flexibility index (Phi) is 7.35. The molecule has 2 heteroatoms. The van der Waals surface area contributed by atoms with Gasteiger partial charge in [0.05, 0.1) is 0 Å². The number of rotatable bonds is 4. The molecule has 0 unspecified atom stereocenters. The fourth-order valence-corrected chi connectivity index (χ4v) is 8.80. The first-order valence-corrected chi connectivity index (χ1v) is 18.3. The Morgan fingerprint density at radius 1 is 0.250 bits per heavy atom. The first-order chi connectivity index (χ1) is 25.6.